The fraction of sp³-hybridized carbons (Fsp3) is 0.413. The van der Waals surface area contributed by atoms with Crippen LogP contribution in [0.1, 0.15) is 96.6 Å². The van der Waals surface area contributed by atoms with Crippen molar-refractivity contribution in [3.05, 3.63) is 118 Å². The minimum atomic E-state index is -0.998. The second-order valence-corrected chi connectivity index (χ2v) is 16.1. The number of ketones is 1. The number of aromatic hydroxyl groups is 4. The van der Waals surface area contributed by atoms with Crippen molar-refractivity contribution < 1.29 is 39.8 Å². The van der Waals surface area contributed by atoms with Gasteiger partial charge in [-0.15, -0.1) is 0 Å². The van der Waals surface area contributed by atoms with Crippen LogP contribution >= 0.6 is 0 Å². The van der Waals surface area contributed by atoms with Crippen molar-refractivity contribution >= 4 is 5.78 Å². The van der Waals surface area contributed by atoms with E-state index in [1.165, 1.54) is 23.6 Å². The molecule has 0 spiro atoms. The first-order valence-electron chi connectivity index (χ1n) is 19.8. The molecule has 9 heteroatoms. The molecule has 0 heterocycles. The molecule has 4 aromatic carbocycles. The molecular formula is C46H51NO8. The standard InChI is InChI=1S/C46H51NO8/c47-26-55-41-21-27(12-18-38(41)50)11-16-33(49)23-39(51)34-17-14-30-22-37(46-19-4-3-8-31(46)15-13-29-7-1-2-10-36(29)46)43(34)35-24-40(52)44(53)45(42(30)35)54-25-28-6-5-9-32(48)20-28/h1-2,5-7,9-10,12,14,17-18,20-21,24,30-31,34,37,39,43,48,50-53H,3-4,8,11,13,15-16,19,22-23,25-26,47H2/t30-,31+,34+,37-,39+,43+,46+/m1/s1. The molecule has 55 heavy (non-hydrogen) atoms. The van der Waals surface area contributed by atoms with Gasteiger partial charge in [-0.2, -0.15) is 0 Å². The average Bonchev–Trinajstić information content (AvgIpc) is 3.48. The van der Waals surface area contributed by atoms with E-state index in [-0.39, 0.29) is 89.6 Å². The Morgan fingerprint density at radius 1 is 0.891 bits per heavy atom. The number of benzene rings is 4. The first-order chi connectivity index (χ1) is 26.7. The van der Waals surface area contributed by atoms with Gasteiger partial charge in [-0.3, -0.25) is 10.5 Å². The molecule has 0 unspecified atom stereocenters. The van der Waals surface area contributed by atoms with E-state index < -0.39 is 12.0 Å². The Bertz CT molecular complexity index is 2090. The van der Waals surface area contributed by atoms with Crippen LogP contribution in [0.25, 0.3) is 0 Å². The Morgan fingerprint density at radius 2 is 1.75 bits per heavy atom. The van der Waals surface area contributed by atoms with Gasteiger partial charge in [0.1, 0.15) is 24.9 Å². The molecule has 0 radical (unpaired) electrons. The highest BCUT2D eigenvalue weighted by atomic mass is 16.5. The van der Waals surface area contributed by atoms with Crippen molar-refractivity contribution in [2.45, 2.75) is 94.2 Å². The van der Waals surface area contributed by atoms with Gasteiger partial charge >= 0.3 is 0 Å². The number of aliphatic hydroxyl groups excluding tert-OH is 1. The lowest BCUT2D eigenvalue weighted by Crippen LogP contribution is -2.52. The molecule has 5 aliphatic rings. The van der Waals surface area contributed by atoms with Crippen molar-refractivity contribution in [2.75, 3.05) is 6.73 Å². The van der Waals surface area contributed by atoms with Crippen LogP contribution in [-0.4, -0.2) is 44.2 Å². The first-order valence-corrected chi connectivity index (χ1v) is 19.8. The fourth-order valence-electron chi connectivity index (χ4n) is 10.9. The third-order valence-corrected chi connectivity index (χ3v) is 13.2. The number of ether oxygens (including phenoxy) is 2. The average molecular weight is 746 g/mol. The summed E-state index contributed by atoms with van der Waals surface area (Å²) in [7, 11) is 0. The summed E-state index contributed by atoms with van der Waals surface area (Å²) >= 11 is 0. The second kappa shape index (κ2) is 15.3. The molecule has 2 bridgehead atoms. The second-order valence-electron chi connectivity index (χ2n) is 16.1. The Kier molecular flexibility index (Phi) is 10.3. The Balaban J connectivity index is 1.17. The largest absolute Gasteiger partial charge is 0.508 e. The minimum absolute atomic E-state index is 0.0201. The minimum Gasteiger partial charge on any atom is -0.508 e. The van der Waals surface area contributed by atoms with Gasteiger partial charge in [-0.1, -0.05) is 67.5 Å². The molecular weight excluding hydrogens is 695 g/mol. The highest BCUT2D eigenvalue weighted by Gasteiger charge is 2.57. The first kappa shape index (κ1) is 37.0. The number of phenols is 4. The van der Waals surface area contributed by atoms with Crippen molar-refractivity contribution in [1.82, 2.24) is 0 Å². The van der Waals surface area contributed by atoms with Gasteiger partial charge in [-0.05, 0) is 114 Å². The number of hydrogen-bond acceptors (Lipinski definition) is 9. The van der Waals surface area contributed by atoms with Crippen molar-refractivity contribution in [3.8, 4) is 34.5 Å². The summed E-state index contributed by atoms with van der Waals surface area (Å²) in [6.07, 6.45) is 11.2. The van der Waals surface area contributed by atoms with Gasteiger partial charge in [-0.25, -0.2) is 0 Å². The van der Waals surface area contributed by atoms with Crippen molar-refractivity contribution in [3.63, 3.8) is 0 Å². The number of aliphatic hydroxyl groups is 1. The highest BCUT2D eigenvalue weighted by molar-refractivity contribution is 5.79. The summed E-state index contributed by atoms with van der Waals surface area (Å²) in [5, 5.41) is 55.2. The Labute approximate surface area is 322 Å². The third kappa shape index (κ3) is 6.82. The number of fused-ring (bicyclic) bond motifs is 6. The van der Waals surface area contributed by atoms with Crippen LogP contribution in [0, 0.1) is 17.8 Å². The fourth-order valence-corrected chi connectivity index (χ4v) is 10.9. The smallest absolute Gasteiger partial charge is 0.200 e. The molecule has 288 valence electrons. The summed E-state index contributed by atoms with van der Waals surface area (Å²) in [6, 6.07) is 22.3. The zero-order chi connectivity index (χ0) is 38.3. The molecule has 5 aliphatic carbocycles. The molecule has 7 atom stereocenters. The van der Waals surface area contributed by atoms with Crippen LogP contribution < -0.4 is 15.2 Å². The van der Waals surface area contributed by atoms with Crippen molar-refractivity contribution in [2.24, 2.45) is 23.5 Å². The molecule has 0 aromatic heterocycles. The van der Waals surface area contributed by atoms with E-state index in [1.54, 1.807) is 36.4 Å². The number of aryl methyl sites for hydroxylation is 2. The van der Waals surface area contributed by atoms with E-state index >= 15 is 0 Å². The lowest BCUT2D eigenvalue weighted by molar-refractivity contribution is -0.121. The maximum Gasteiger partial charge on any atom is 0.200 e. The van der Waals surface area contributed by atoms with Crippen LogP contribution in [-0.2, 0) is 29.7 Å². The molecule has 9 rings (SSSR count). The lowest BCUT2D eigenvalue weighted by atomic mass is 9.46. The van der Waals surface area contributed by atoms with Crippen LogP contribution in [0.2, 0.25) is 0 Å². The van der Waals surface area contributed by atoms with E-state index in [0.717, 1.165) is 55.2 Å². The van der Waals surface area contributed by atoms with E-state index in [4.69, 9.17) is 15.2 Å². The topological polar surface area (TPSA) is 163 Å². The quantitative estimate of drug-likeness (QED) is 0.0483. The molecule has 4 aromatic rings. The molecule has 0 aliphatic heterocycles. The van der Waals surface area contributed by atoms with E-state index in [9.17, 15) is 30.3 Å². The van der Waals surface area contributed by atoms with Gasteiger partial charge in [0, 0.05) is 35.7 Å². The number of carbonyl (C=O) groups is 1. The molecule has 0 amide bonds. The van der Waals surface area contributed by atoms with E-state index in [2.05, 4.69) is 36.4 Å². The third-order valence-electron chi connectivity index (χ3n) is 13.2. The van der Waals surface area contributed by atoms with Gasteiger partial charge < -0.3 is 35.0 Å². The van der Waals surface area contributed by atoms with Crippen LogP contribution in [0.5, 0.6) is 34.5 Å². The van der Waals surface area contributed by atoms with Crippen molar-refractivity contribution in [1.29, 1.82) is 0 Å². The molecule has 1 fully saturated rings. The molecule has 7 N–H and O–H groups in total. The number of rotatable bonds is 12. The Morgan fingerprint density at radius 3 is 2.58 bits per heavy atom. The van der Waals surface area contributed by atoms with Crippen LogP contribution in [0.15, 0.2) is 84.9 Å². The molecule has 0 saturated heterocycles. The normalized spacial score (nSPS) is 25.6. The lowest BCUT2D eigenvalue weighted by Gasteiger charge is -2.58. The maximum atomic E-state index is 13.7. The van der Waals surface area contributed by atoms with E-state index in [1.807, 2.05) is 6.07 Å². The summed E-state index contributed by atoms with van der Waals surface area (Å²) < 4.78 is 11.7. The van der Waals surface area contributed by atoms with Gasteiger partial charge in [0.15, 0.2) is 23.0 Å². The van der Waals surface area contributed by atoms with Crippen LogP contribution in [0.4, 0.5) is 0 Å². The predicted octanol–water partition coefficient (Wildman–Crippen LogP) is 7.78. The summed E-state index contributed by atoms with van der Waals surface area (Å²) in [5.74, 6) is -0.440. The highest BCUT2D eigenvalue weighted by Crippen LogP contribution is 2.66. The maximum absolute atomic E-state index is 13.7. The number of nitrogens with two attached hydrogens (primary N) is 1. The summed E-state index contributed by atoms with van der Waals surface area (Å²) in [5.41, 5.74) is 11.4. The number of allylic oxidation sites excluding steroid dienone is 1. The monoisotopic (exact) mass is 745 g/mol. The Hall–Kier alpha value is -4.99. The summed E-state index contributed by atoms with van der Waals surface area (Å²) in [6.45, 7) is -0.0113. The summed E-state index contributed by atoms with van der Waals surface area (Å²) in [4.78, 5) is 13.7. The zero-order valence-corrected chi connectivity index (χ0v) is 31.1. The predicted molar refractivity (Wildman–Crippen MR) is 209 cm³/mol. The SMILES string of the molecule is NCOc1cc(CCC(=O)C[C@H](O)[C@@H]2C=C[C@@H]3C[C@@H]([C@@]45CCCC[C@H]4CCc4ccccc45)[C@@H]2c2cc(O)c(O)c(OCc4cccc(O)c4)c23)ccc1O. The number of hydrogen-bond donors (Lipinski definition) is 6. The molecule has 1 saturated carbocycles. The molecule has 9 nitrogen and oxygen atoms in total. The van der Waals surface area contributed by atoms with Crippen LogP contribution in [0.3, 0.4) is 0 Å². The van der Waals surface area contributed by atoms with E-state index in [0.29, 0.717) is 17.9 Å². The van der Waals surface area contributed by atoms with Gasteiger partial charge in [0.05, 0.1) is 6.10 Å². The number of Topliss-reactive ketones (excluding diaryl/α,β-unsaturated/α-hetero) is 1. The van der Waals surface area contributed by atoms with Gasteiger partial charge in [0.2, 0.25) is 5.75 Å². The number of carbonyl (C=O) groups excluding carboxylic acids is 1. The van der Waals surface area contributed by atoms with Gasteiger partial charge in [0.25, 0.3) is 0 Å². The number of phenolic OH excluding ortho intramolecular Hbond substituents is 4. The zero-order valence-electron chi connectivity index (χ0n) is 31.1.